The summed E-state index contributed by atoms with van der Waals surface area (Å²) in [6, 6.07) is 0.528. The van der Waals surface area contributed by atoms with Gasteiger partial charge < -0.3 is 4.90 Å². The first kappa shape index (κ1) is 13.9. The molecule has 0 aromatic heterocycles. The van der Waals surface area contributed by atoms with Crippen LogP contribution in [0.1, 0.15) is 53.9 Å². The Bertz CT molecular complexity index is 310. The molecule has 1 N–H and O–H groups in total. The van der Waals surface area contributed by atoms with E-state index in [0.29, 0.717) is 23.8 Å². The standard InChI is InChI=1S/C15H28N2O/c1-6-11(5)13-15(18)17(12-7-10(4)8-12)14(16-13)9(2)3/h9-14,16H,6-8H2,1-5H3. The zero-order valence-corrected chi connectivity index (χ0v) is 12.4. The van der Waals surface area contributed by atoms with Gasteiger partial charge in [-0.1, -0.05) is 41.0 Å². The molecular weight excluding hydrogens is 224 g/mol. The second-order valence-corrected chi connectivity index (χ2v) is 6.69. The van der Waals surface area contributed by atoms with Crippen molar-refractivity contribution in [3.63, 3.8) is 0 Å². The fourth-order valence-electron chi connectivity index (χ4n) is 3.28. The van der Waals surface area contributed by atoms with Crippen molar-refractivity contribution in [3.05, 3.63) is 0 Å². The van der Waals surface area contributed by atoms with Gasteiger partial charge in [0.2, 0.25) is 5.91 Å². The highest BCUT2D eigenvalue weighted by molar-refractivity contribution is 5.85. The molecule has 2 rings (SSSR count). The SMILES string of the molecule is CCC(C)C1NC(C(C)C)N(C2CC(C)C2)C1=O. The van der Waals surface area contributed by atoms with Crippen LogP contribution in [0.5, 0.6) is 0 Å². The lowest BCUT2D eigenvalue weighted by atomic mass is 9.80. The van der Waals surface area contributed by atoms with Crippen molar-refractivity contribution in [1.82, 2.24) is 10.2 Å². The molecule has 0 radical (unpaired) electrons. The molecule has 2 aliphatic rings. The first-order valence-corrected chi connectivity index (χ1v) is 7.53. The normalized spacial score (nSPS) is 38.1. The summed E-state index contributed by atoms with van der Waals surface area (Å²) in [5.41, 5.74) is 0. The zero-order valence-electron chi connectivity index (χ0n) is 12.4. The van der Waals surface area contributed by atoms with Crippen molar-refractivity contribution in [2.75, 3.05) is 0 Å². The fraction of sp³-hybridized carbons (Fsp3) is 0.933. The highest BCUT2D eigenvalue weighted by atomic mass is 16.2. The van der Waals surface area contributed by atoms with Crippen molar-refractivity contribution in [3.8, 4) is 0 Å². The van der Waals surface area contributed by atoms with Crippen molar-refractivity contribution in [2.45, 2.75) is 72.1 Å². The smallest absolute Gasteiger partial charge is 0.241 e. The van der Waals surface area contributed by atoms with Gasteiger partial charge in [-0.15, -0.1) is 0 Å². The Morgan fingerprint density at radius 2 is 1.94 bits per heavy atom. The largest absolute Gasteiger partial charge is 0.323 e. The van der Waals surface area contributed by atoms with E-state index in [1.54, 1.807) is 0 Å². The Labute approximate surface area is 111 Å². The van der Waals surface area contributed by atoms with E-state index in [9.17, 15) is 4.79 Å². The van der Waals surface area contributed by atoms with Crippen molar-refractivity contribution in [2.24, 2.45) is 17.8 Å². The second-order valence-electron chi connectivity index (χ2n) is 6.69. The molecule has 18 heavy (non-hydrogen) atoms. The molecule has 104 valence electrons. The molecule has 1 saturated carbocycles. The van der Waals surface area contributed by atoms with Crippen LogP contribution < -0.4 is 5.32 Å². The van der Waals surface area contributed by atoms with E-state index in [4.69, 9.17) is 0 Å². The van der Waals surface area contributed by atoms with E-state index in [1.807, 2.05) is 0 Å². The van der Waals surface area contributed by atoms with Gasteiger partial charge in [0.15, 0.2) is 0 Å². The number of hydrogen-bond donors (Lipinski definition) is 1. The van der Waals surface area contributed by atoms with Crippen molar-refractivity contribution in [1.29, 1.82) is 0 Å². The Hall–Kier alpha value is -0.570. The van der Waals surface area contributed by atoms with Crippen LogP contribution in [0.25, 0.3) is 0 Å². The van der Waals surface area contributed by atoms with Crippen LogP contribution in [-0.4, -0.2) is 29.1 Å². The molecular formula is C15H28N2O. The maximum absolute atomic E-state index is 12.6. The summed E-state index contributed by atoms with van der Waals surface area (Å²) in [5.74, 6) is 2.05. The molecule has 3 nitrogen and oxygen atoms in total. The first-order chi connectivity index (χ1) is 8.45. The van der Waals surface area contributed by atoms with E-state index in [0.717, 1.165) is 12.3 Å². The van der Waals surface area contributed by atoms with Gasteiger partial charge in [-0.3, -0.25) is 10.1 Å². The average Bonchev–Trinajstić information content (AvgIpc) is 2.62. The summed E-state index contributed by atoms with van der Waals surface area (Å²) in [6.07, 6.45) is 3.67. The molecule has 0 aromatic rings. The number of carbonyl (C=O) groups is 1. The average molecular weight is 252 g/mol. The summed E-state index contributed by atoms with van der Waals surface area (Å²) < 4.78 is 0. The highest BCUT2D eigenvalue weighted by Crippen LogP contribution is 2.36. The van der Waals surface area contributed by atoms with Crippen LogP contribution in [0.3, 0.4) is 0 Å². The summed E-state index contributed by atoms with van der Waals surface area (Å²) in [7, 11) is 0. The number of hydrogen-bond acceptors (Lipinski definition) is 2. The van der Waals surface area contributed by atoms with Gasteiger partial charge in [0.1, 0.15) is 0 Å². The molecule has 1 amide bonds. The highest BCUT2D eigenvalue weighted by Gasteiger charge is 2.47. The molecule has 1 heterocycles. The molecule has 3 unspecified atom stereocenters. The van der Waals surface area contributed by atoms with E-state index in [2.05, 4.69) is 44.8 Å². The minimum Gasteiger partial charge on any atom is -0.323 e. The van der Waals surface area contributed by atoms with Gasteiger partial charge in [0.25, 0.3) is 0 Å². The van der Waals surface area contributed by atoms with E-state index in [1.165, 1.54) is 12.8 Å². The lowest BCUT2D eigenvalue weighted by molar-refractivity contribution is -0.136. The van der Waals surface area contributed by atoms with Gasteiger partial charge >= 0.3 is 0 Å². The molecule has 1 saturated heterocycles. The lowest BCUT2D eigenvalue weighted by Crippen LogP contribution is -2.52. The number of amides is 1. The van der Waals surface area contributed by atoms with Gasteiger partial charge in [0, 0.05) is 6.04 Å². The van der Waals surface area contributed by atoms with Crippen LogP contribution >= 0.6 is 0 Å². The summed E-state index contributed by atoms with van der Waals surface area (Å²) >= 11 is 0. The molecule has 0 spiro atoms. The minimum atomic E-state index is 0.0401. The minimum absolute atomic E-state index is 0.0401. The molecule has 0 aromatic carbocycles. The Balaban J connectivity index is 2.12. The second kappa shape index (κ2) is 5.20. The van der Waals surface area contributed by atoms with Crippen LogP contribution in [0.15, 0.2) is 0 Å². The Morgan fingerprint density at radius 3 is 2.39 bits per heavy atom. The maximum atomic E-state index is 12.6. The number of nitrogens with zero attached hydrogens (tertiary/aromatic N) is 1. The summed E-state index contributed by atoms with van der Waals surface area (Å²) in [4.78, 5) is 14.8. The van der Waals surface area contributed by atoms with Crippen molar-refractivity contribution < 1.29 is 4.79 Å². The summed E-state index contributed by atoms with van der Waals surface area (Å²) in [5, 5.41) is 3.58. The zero-order chi connectivity index (χ0) is 13.4. The van der Waals surface area contributed by atoms with Gasteiger partial charge in [0.05, 0.1) is 12.2 Å². The molecule has 3 heteroatoms. The van der Waals surface area contributed by atoms with Crippen molar-refractivity contribution >= 4 is 5.91 Å². The maximum Gasteiger partial charge on any atom is 0.241 e. The quantitative estimate of drug-likeness (QED) is 0.834. The molecule has 3 atom stereocenters. The Morgan fingerprint density at radius 1 is 1.33 bits per heavy atom. The number of nitrogens with one attached hydrogen (secondary N) is 1. The fourth-order valence-corrected chi connectivity index (χ4v) is 3.28. The topological polar surface area (TPSA) is 32.3 Å². The van der Waals surface area contributed by atoms with Gasteiger partial charge in [-0.25, -0.2) is 0 Å². The van der Waals surface area contributed by atoms with E-state index < -0.39 is 0 Å². The predicted molar refractivity (Wildman–Crippen MR) is 74.0 cm³/mol. The third kappa shape index (κ3) is 2.29. The summed E-state index contributed by atoms with van der Waals surface area (Å²) in [6.45, 7) is 11.0. The Kier molecular flexibility index (Phi) is 4.00. The third-order valence-electron chi connectivity index (χ3n) is 4.76. The number of rotatable bonds is 4. The van der Waals surface area contributed by atoms with Crippen LogP contribution in [0.2, 0.25) is 0 Å². The first-order valence-electron chi connectivity index (χ1n) is 7.53. The third-order valence-corrected chi connectivity index (χ3v) is 4.76. The van der Waals surface area contributed by atoms with E-state index in [-0.39, 0.29) is 12.2 Å². The van der Waals surface area contributed by atoms with Gasteiger partial charge in [-0.2, -0.15) is 0 Å². The van der Waals surface area contributed by atoms with Crippen LogP contribution in [-0.2, 0) is 4.79 Å². The molecule has 1 aliphatic heterocycles. The molecule has 1 aliphatic carbocycles. The molecule has 2 fully saturated rings. The van der Waals surface area contributed by atoms with Gasteiger partial charge in [-0.05, 0) is 30.6 Å². The lowest BCUT2D eigenvalue weighted by Gasteiger charge is -2.43. The number of carbonyl (C=O) groups excluding carboxylic acids is 1. The van der Waals surface area contributed by atoms with Crippen LogP contribution in [0.4, 0.5) is 0 Å². The van der Waals surface area contributed by atoms with Crippen LogP contribution in [0, 0.1) is 17.8 Å². The monoisotopic (exact) mass is 252 g/mol. The molecule has 0 bridgehead atoms. The predicted octanol–water partition coefficient (Wildman–Crippen LogP) is 2.61. The van der Waals surface area contributed by atoms with E-state index >= 15 is 0 Å².